The number of benzene rings is 2. The van der Waals surface area contributed by atoms with Gasteiger partial charge in [-0.2, -0.15) is 0 Å². The Hall–Kier alpha value is -2.67. The Morgan fingerprint density at radius 2 is 1.88 bits per heavy atom. The highest BCUT2D eigenvalue weighted by Crippen LogP contribution is 2.34. The lowest BCUT2D eigenvalue weighted by Crippen LogP contribution is -2.34. The number of fused-ring (bicyclic) bond motifs is 1. The number of rotatable bonds is 5. The second kappa shape index (κ2) is 7.06. The van der Waals surface area contributed by atoms with E-state index in [2.05, 4.69) is 5.32 Å². The maximum Gasteiger partial charge on any atom is 0.251 e. The van der Waals surface area contributed by atoms with Crippen LogP contribution in [0.4, 0.5) is 8.78 Å². The average molecular weight is 348 g/mol. The van der Waals surface area contributed by atoms with Gasteiger partial charge in [0.05, 0.1) is 6.04 Å². The Labute approximate surface area is 144 Å². The molecule has 25 heavy (non-hydrogen) atoms. The molecule has 1 aliphatic heterocycles. The van der Waals surface area contributed by atoms with Crippen molar-refractivity contribution in [3.8, 4) is 11.5 Å². The van der Waals surface area contributed by atoms with Crippen LogP contribution in [0, 0.1) is 11.6 Å². The van der Waals surface area contributed by atoms with Crippen LogP contribution in [0.5, 0.6) is 11.5 Å². The third-order valence-electron chi connectivity index (χ3n) is 4.04. The Morgan fingerprint density at radius 1 is 1.12 bits per heavy atom. The molecule has 1 aliphatic rings. The first-order chi connectivity index (χ1) is 12.0. The first-order valence-corrected chi connectivity index (χ1v) is 7.75. The first kappa shape index (κ1) is 17.2. The molecule has 1 N–H and O–H groups in total. The summed E-state index contributed by atoms with van der Waals surface area (Å²) in [6.07, 6.45) is 0. The zero-order valence-electron chi connectivity index (χ0n) is 13.9. The van der Waals surface area contributed by atoms with Gasteiger partial charge in [-0.15, -0.1) is 0 Å². The molecule has 2 aromatic carbocycles. The van der Waals surface area contributed by atoms with E-state index in [0.29, 0.717) is 18.0 Å². The number of hydrogen-bond donors (Lipinski definition) is 1. The summed E-state index contributed by atoms with van der Waals surface area (Å²) in [5, 5.41) is 2.75. The highest BCUT2D eigenvalue weighted by atomic mass is 19.2. The lowest BCUT2D eigenvalue weighted by molar-refractivity contribution is 0.0941. The number of nitrogens with one attached hydrogen (secondary N) is 1. The number of carbonyl (C=O) groups is 1. The quantitative estimate of drug-likeness (QED) is 0.903. The number of ether oxygens (including phenoxy) is 2. The van der Waals surface area contributed by atoms with Crippen molar-refractivity contribution < 1.29 is 23.0 Å². The van der Waals surface area contributed by atoms with Crippen LogP contribution in [0.3, 0.4) is 0 Å². The molecule has 0 aromatic heterocycles. The van der Waals surface area contributed by atoms with Crippen molar-refractivity contribution in [3.63, 3.8) is 0 Å². The molecule has 3 rings (SSSR count). The largest absolute Gasteiger partial charge is 0.454 e. The standard InChI is InChI=1S/C18H18F2N2O3/c1-22(2)15(11-4-6-16-17(8-11)25-10-24-16)9-21-18(23)12-3-5-13(19)14(20)7-12/h3-8,15H,9-10H2,1-2H3,(H,21,23)/t15-/m1/s1. The maximum absolute atomic E-state index is 13.3. The highest BCUT2D eigenvalue weighted by Gasteiger charge is 2.20. The minimum Gasteiger partial charge on any atom is -0.454 e. The SMILES string of the molecule is CN(C)[C@H](CNC(=O)c1ccc(F)c(F)c1)c1ccc2c(c1)OCO2. The monoisotopic (exact) mass is 348 g/mol. The van der Waals surface area contributed by atoms with Crippen LogP contribution in [0.15, 0.2) is 36.4 Å². The molecule has 0 fully saturated rings. The van der Waals surface area contributed by atoms with Gasteiger partial charge >= 0.3 is 0 Å². The molecule has 132 valence electrons. The van der Waals surface area contributed by atoms with Crippen LogP contribution < -0.4 is 14.8 Å². The van der Waals surface area contributed by atoms with Crippen molar-refractivity contribution in [2.45, 2.75) is 6.04 Å². The van der Waals surface area contributed by atoms with Gasteiger partial charge in [-0.05, 0) is 50.0 Å². The van der Waals surface area contributed by atoms with Gasteiger partial charge in [-0.3, -0.25) is 4.79 Å². The fraction of sp³-hybridized carbons (Fsp3) is 0.278. The molecule has 0 saturated carbocycles. The van der Waals surface area contributed by atoms with Gasteiger partial charge in [0.25, 0.3) is 5.91 Å². The van der Waals surface area contributed by atoms with Gasteiger partial charge in [0.1, 0.15) is 0 Å². The van der Waals surface area contributed by atoms with Gasteiger partial charge in [-0.1, -0.05) is 6.07 Å². The van der Waals surface area contributed by atoms with E-state index in [1.54, 1.807) is 0 Å². The number of amides is 1. The molecule has 1 heterocycles. The third kappa shape index (κ3) is 3.71. The third-order valence-corrected chi connectivity index (χ3v) is 4.04. The van der Waals surface area contributed by atoms with E-state index in [4.69, 9.17) is 9.47 Å². The molecule has 0 unspecified atom stereocenters. The maximum atomic E-state index is 13.3. The molecule has 0 radical (unpaired) electrons. The molecular weight excluding hydrogens is 330 g/mol. The number of carbonyl (C=O) groups excluding carboxylic acids is 1. The molecule has 0 saturated heterocycles. The van der Waals surface area contributed by atoms with E-state index in [0.717, 1.165) is 17.7 Å². The number of nitrogens with zero attached hydrogens (tertiary/aromatic N) is 1. The van der Waals surface area contributed by atoms with Gasteiger partial charge < -0.3 is 19.7 Å². The fourth-order valence-electron chi connectivity index (χ4n) is 2.65. The molecule has 1 amide bonds. The molecule has 7 heteroatoms. The lowest BCUT2D eigenvalue weighted by atomic mass is 10.0. The van der Waals surface area contributed by atoms with Gasteiger partial charge in [0.15, 0.2) is 23.1 Å². The Bertz CT molecular complexity index is 796. The lowest BCUT2D eigenvalue weighted by Gasteiger charge is -2.25. The predicted octanol–water partition coefficient (Wildman–Crippen LogP) is 2.73. The van der Waals surface area contributed by atoms with Crippen LogP contribution in [0.1, 0.15) is 22.0 Å². The molecular formula is C18H18F2N2O3. The molecule has 1 atom stereocenters. The topological polar surface area (TPSA) is 50.8 Å². The first-order valence-electron chi connectivity index (χ1n) is 7.75. The van der Waals surface area contributed by atoms with Crippen molar-refractivity contribution in [2.24, 2.45) is 0 Å². The second-order valence-electron chi connectivity index (χ2n) is 5.93. The minimum atomic E-state index is -1.05. The van der Waals surface area contributed by atoms with E-state index in [1.807, 2.05) is 37.2 Å². The van der Waals surface area contributed by atoms with Crippen LogP contribution in [0.25, 0.3) is 0 Å². The fourth-order valence-corrected chi connectivity index (χ4v) is 2.65. The Morgan fingerprint density at radius 3 is 2.60 bits per heavy atom. The van der Waals surface area contributed by atoms with E-state index in [9.17, 15) is 13.6 Å². The highest BCUT2D eigenvalue weighted by molar-refractivity contribution is 5.94. The molecule has 0 bridgehead atoms. The van der Waals surface area contributed by atoms with Crippen LogP contribution in [-0.4, -0.2) is 38.2 Å². The van der Waals surface area contributed by atoms with E-state index >= 15 is 0 Å². The minimum absolute atomic E-state index is 0.0714. The van der Waals surface area contributed by atoms with Crippen molar-refractivity contribution in [1.82, 2.24) is 10.2 Å². The summed E-state index contributed by atoms with van der Waals surface area (Å²) in [7, 11) is 3.78. The van der Waals surface area contributed by atoms with E-state index < -0.39 is 17.5 Å². The summed E-state index contributed by atoms with van der Waals surface area (Å²) in [6, 6.07) is 8.55. The summed E-state index contributed by atoms with van der Waals surface area (Å²) in [6.45, 7) is 0.489. The van der Waals surface area contributed by atoms with Crippen LogP contribution >= 0.6 is 0 Å². The summed E-state index contributed by atoms with van der Waals surface area (Å²) in [4.78, 5) is 14.1. The number of likely N-dealkylation sites (N-methyl/N-ethyl adjacent to an activating group) is 1. The Kier molecular flexibility index (Phi) is 4.85. The van der Waals surface area contributed by atoms with E-state index in [-0.39, 0.29) is 18.4 Å². The normalized spacial score (nSPS) is 13.8. The molecule has 0 aliphatic carbocycles. The van der Waals surface area contributed by atoms with Gasteiger partial charge in [0, 0.05) is 12.1 Å². The van der Waals surface area contributed by atoms with Crippen LogP contribution in [-0.2, 0) is 0 Å². The summed E-state index contributed by atoms with van der Waals surface area (Å²) < 4.78 is 36.9. The smallest absolute Gasteiger partial charge is 0.251 e. The zero-order chi connectivity index (χ0) is 18.0. The molecule has 5 nitrogen and oxygen atoms in total. The van der Waals surface area contributed by atoms with Crippen molar-refractivity contribution in [2.75, 3.05) is 27.4 Å². The summed E-state index contributed by atoms with van der Waals surface area (Å²) in [5.74, 6) is -1.15. The molecule has 0 spiro atoms. The van der Waals surface area contributed by atoms with Crippen molar-refractivity contribution in [1.29, 1.82) is 0 Å². The van der Waals surface area contributed by atoms with Crippen LogP contribution in [0.2, 0.25) is 0 Å². The summed E-state index contributed by atoms with van der Waals surface area (Å²) >= 11 is 0. The summed E-state index contributed by atoms with van der Waals surface area (Å²) in [5.41, 5.74) is 1.02. The average Bonchev–Trinajstić information content (AvgIpc) is 3.04. The molecule has 2 aromatic rings. The predicted molar refractivity (Wildman–Crippen MR) is 87.7 cm³/mol. The zero-order valence-corrected chi connectivity index (χ0v) is 13.9. The van der Waals surface area contributed by atoms with Crippen molar-refractivity contribution >= 4 is 5.91 Å². The Balaban J connectivity index is 1.72. The number of hydrogen-bond acceptors (Lipinski definition) is 4. The van der Waals surface area contributed by atoms with Gasteiger partial charge in [-0.25, -0.2) is 8.78 Å². The number of halogens is 2. The van der Waals surface area contributed by atoms with Gasteiger partial charge in [0.2, 0.25) is 6.79 Å². The van der Waals surface area contributed by atoms with E-state index in [1.165, 1.54) is 6.07 Å². The van der Waals surface area contributed by atoms with Crippen molar-refractivity contribution in [3.05, 3.63) is 59.2 Å². The second-order valence-corrected chi connectivity index (χ2v) is 5.93.